The van der Waals surface area contributed by atoms with E-state index in [1.165, 1.54) is 0 Å². The molecule has 0 bridgehead atoms. The summed E-state index contributed by atoms with van der Waals surface area (Å²) in [6.45, 7) is 1.84. The van der Waals surface area contributed by atoms with E-state index in [0.29, 0.717) is 13.2 Å². The Morgan fingerprint density at radius 2 is 2.50 bits per heavy atom. The molecule has 4 nitrogen and oxygen atoms in total. The Morgan fingerprint density at radius 1 is 1.67 bits per heavy atom. The van der Waals surface area contributed by atoms with Crippen LogP contribution in [0.1, 0.15) is 12.8 Å². The second-order valence-corrected chi connectivity index (χ2v) is 3.12. The van der Waals surface area contributed by atoms with E-state index in [2.05, 4.69) is 0 Å². The van der Waals surface area contributed by atoms with Crippen molar-refractivity contribution < 1.29 is 14.6 Å². The third kappa shape index (κ3) is 3.49. The van der Waals surface area contributed by atoms with Crippen molar-refractivity contribution in [1.29, 1.82) is 0 Å². The fourth-order valence-electron chi connectivity index (χ4n) is 1.18. The van der Waals surface area contributed by atoms with Gasteiger partial charge in [-0.25, -0.2) is 0 Å². The Morgan fingerprint density at radius 3 is 3.08 bits per heavy atom. The van der Waals surface area contributed by atoms with Gasteiger partial charge in [0, 0.05) is 6.61 Å². The fourth-order valence-corrected chi connectivity index (χ4v) is 1.18. The van der Waals surface area contributed by atoms with E-state index in [0.717, 1.165) is 19.4 Å². The summed E-state index contributed by atoms with van der Waals surface area (Å²) in [5.74, 6) is 0. The van der Waals surface area contributed by atoms with Gasteiger partial charge in [0.25, 0.3) is 0 Å². The van der Waals surface area contributed by atoms with Crippen LogP contribution in [0.25, 0.3) is 0 Å². The molecule has 4 heteroatoms. The second-order valence-electron chi connectivity index (χ2n) is 3.12. The van der Waals surface area contributed by atoms with Gasteiger partial charge in [-0.05, 0) is 12.8 Å². The topological polar surface area (TPSA) is 64.7 Å². The second kappa shape index (κ2) is 5.48. The van der Waals surface area contributed by atoms with Gasteiger partial charge < -0.3 is 20.3 Å². The highest BCUT2D eigenvalue weighted by molar-refractivity contribution is 4.64. The van der Waals surface area contributed by atoms with Crippen molar-refractivity contribution in [1.82, 2.24) is 0 Å². The average molecular weight is 175 g/mol. The summed E-state index contributed by atoms with van der Waals surface area (Å²) >= 11 is 0. The van der Waals surface area contributed by atoms with Crippen molar-refractivity contribution in [3.05, 3.63) is 0 Å². The third-order valence-corrected chi connectivity index (χ3v) is 1.89. The SMILES string of the molecule is NC(CO)COCC1CCCO1. The lowest BCUT2D eigenvalue weighted by Gasteiger charge is -2.12. The first-order chi connectivity index (χ1) is 5.83. The van der Waals surface area contributed by atoms with Crippen LogP contribution in [0.5, 0.6) is 0 Å². The molecule has 0 saturated carbocycles. The molecule has 0 amide bonds. The minimum absolute atomic E-state index is 0.0223. The Kier molecular flexibility index (Phi) is 4.53. The maximum atomic E-state index is 8.59. The molecular formula is C8H17NO3. The molecule has 0 radical (unpaired) electrons. The largest absolute Gasteiger partial charge is 0.395 e. The van der Waals surface area contributed by atoms with Crippen molar-refractivity contribution >= 4 is 0 Å². The summed E-state index contributed by atoms with van der Waals surface area (Å²) in [5, 5.41) is 8.59. The van der Waals surface area contributed by atoms with Gasteiger partial charge in [0.1, 0.15) is 0 Å². The summed E-state index contributed by atoms with van der Waals surface area (Å²) in [5.41, 5.74) is 5.44. The van der Waals surface area contributed by atoms with E-state index in [1.54, 1.807) is 0 Å². The van der Waals surface area contributed by atoms with E-state index >= 15 is 0 Å². The number of nitrogens with two attached hydrogens (primary N) is 1. The molecule has 1 aliphatic rings. The summed E-state index contributed by atoms with van der Waals surface area (Å²) in [6.07, 6.45) is 2.45. The molecule has 0 aliphatic carbocycles. The van der Waals surface area contributed by atoms with Crippen LogP contribution in [0.2, 0.25) is 0 Å². The average Bonchev–Trinajstić information content (AvgIpc) is 2.57. The molecule has 3 N–H and O–H groups in total. The Hall–Kier alpha value is -0.160. The predicted molar refractivity (Wildman–Crippen MR) is 44.9 cm³/mol. The van der Waals surface area contributed by atoms with Gasteiger partial charge in [0.15, 0.2) is 0 Å². The van der Waals surface area contributed by atoms with Crippen LogP contribution in [0.4, 0.5) is 0 Å². The van der Waals surface area contributed by atoms with Gasteiger partial charge >= 0.3 is 0 Å². The van der Waals surface area contributed by atoms with Crippen molar-refractivity contribution in [2.45, 2.75) is 25.0 Å². The molecule has 1 aliphatic heterocycles. The van der Waals surface area contributed by atoms with Gasteiger partial charge in [-0.3, -0.25) is 0 Å². The van der Waals surface area contributed by atoms with Crippen molar-refractivity contribution in [3.8, 4) is 0 Å². The Balaban J connectivity index is 1.94. The quantitative estimate of drug-likeness (QED) is 0.591. The van der Waals surface area contributed by atoms with Crippen molar-refractivity contribution in [3.63, 3.8) is 0 Å². The monoisotopic (exact) mass is 175 g/mol. The van der Waals surface area contributed by atoms with Gasteiger partial charge in [-0.2, -0.15) is 0 Å². The minimum atomic E-state index is -0.258. The number of aliphatic hydroxyl groups excluding tert-OH is 1. The molecule has 0 aromatic rings. The third-order valence-electron chi connectivity index (χ3n) is 1.89. The van der Waals surface area contributed by atoms with Crippen LogP contribution in [0, 0.1) is 0 Å². The molecular weight excluding hydrogens is 158 g/mol. The minimum Gasteiger partial charge on any atom is -0.395 e. The zero-order valence-electron chi connectivity index (χ0n) is 7.24. The van der Waals surface area contributed by atoms with E-state index in [4.69, 9.17) is 20.3 Å². The maximum Gasteiger partial charge on any atom is 0.0809 e. The maximum absolute atomic E-state index is 8.59. The first kappa shape index (κ1) is 9.92. The van der Waals surface area contributed by atoms with Gasteiger partial charge in [-0.1, -0.05) is 0 Å². The van der Waals surface area contributed by atoms with Gasteiger partial charge in [0.2, 0.25) is 0 Å². The zero-order chi connectivity index (χ0) is 8.81. The first-order valence-electron chi connectivity index (χ1n) is 4.38. The lowest BCUT2D eigenvalue weighted by atomic mass is 10.2. The van der Waals surface area contributed by atoms with E-state index < -0.39 is 0 Å². The normalized spacial score (nSPS) is 26.0. The Bertz CT molecular complexity index is 115. The van der Waals surface area contributed by atoms with E-state index in [-0.39, 0.29) is 18.8 Å². The van der Waals surface area contributed by atoms with E-state index in [1.807, 2.05) is 0 Å². The van der Waals surface area contributed by atoms with Crippen LogP contribution >= 0.6 is 0 Å². The highest BCUT2D eigenvalue weighted by Gasteiger charge is 2.15. The van der Waals surface area contributed by atoms with Crippen LogP contribution in [-0.2, 0) is 9.47 Å². The van der Waals surface area contributed by atoms with Crippen LogP contribution in [0.15, 0.2) is 0 Å². The van der Waals surface area contributed by atoms with Crippen molar-refractivity contribution in [2.75, 3.05) is 26.4 Å². The molecule has 1 saturated heterocycles. The number of hydrogen-bond donors (Lipinski definition) is 2. The zero-order valence-corrected chi connectivity index (χ0v) is 7.24. The number of hydrogen-bond acceptors (Lipinski definition) is 4. The molecule has 0 aromatic carbocycles. The number of ether oxygens (including phenoxy) is 2. The van der Waals surface area contributed by atoms with Crippen LogP contribution in [0.3, 0.4) is 0 Å². The van der Waals surface area contributed by atoms with Crippen LogP contribution in [-0.4, -0.2) is 43.7 Å². The molecule has 1 fully saturated rings. The molecule has 72 valence electrons. The molecule has 2 atom stereocenters. The highest BCUT2D eigenvalue weighted by Crippen LogP contribution is 2.11. The lowest BCUT2D eigenvalue weighted by molar-refractivity contribution is 0.00879. The van der Waals surface area contributed by atoms with Crippen molar-refractivity contribution in [2.24, 2.45) is 5.73 Å². The molecule has 1 heterocycles. The molecule has 1 rings (SSSR count). The summed E-state index contributed by atoms with van der Waals surface area (Å²) in [4.78, 5) is 0. The highest BCUT2D eigenvalue weighted by atomic mass is 16.5. The fraction of sp³-hybridized carbons (Fsp3) is 1.00. The summed E-state index contributed by atoms with van der Waals surface area (Å²) in [6, 6.07) is -0.258. The predicted octanol–water partition coefficient (Wildman–Crippen LogP) is -0.498. The molecule has 12 heavy (non-hydrogen) atoms. The molecule has 2 unspecified atom stereocenters. The Labute approximate surface area is 72.6 Å². The van der Waals surface area contributed by atoms with Gasteiger partial charge in [-0.15, -0.1) is 0 Å². The molecule has 0 aromatic heterocycles. The van der Waals surface area contributed by atoms with E-state index in [9.17, 15) is 0 Å². The number of rotatable bonds is 5. The number of aliphatic hydroxyl groups is 1. The summed E-state index contributed by atoms with van der Waals surface area (Å²) < 4.78 is 10.6. The molecule has 0 spiro atoms. The van der Waals surface area contributed by atoms with Crippen LogP contribution < -0.4 is 5.73 Å². The lowest BCUT2D eigenvalue weighted by Crippen LogP contribution is -2.31. The smallest absolute Gasteiger partial charge is 0.0809 e. The summed E-state index contributed by atoms with van der Waals surface area (Å²) in [7, 11) is 0. The van der Waals surface area contributed by atoms with Gasteiger partial charge in [0.05, 0.1) is 32.0 Å². The first-order valence-corrected chi connectivity index (χ1v) is 4.38. The standard InChI is InChI=1S/C8H17NO3/c9-7(4-10)5-11-6-8-2-1-3-12-8/h7-8,10H,1-6,9H2.